The molecular formula is C10H16N3O3S-. The molecule has 17 heavy (non-hydrogen) atoms. The van der Waals surface area contributed by atoms with Gasteiger partial charge < -0.3 is 9.29 Å². The molecule has 0 spiro atoms. The van der Waals surface area contributed by atoms with E-state index in [1.807, 2.05) is 0 Å². The Balaban J connectivity index is 1.95. The summed E-state index contributed by atoms with van der Waals surface area (Å²) in [7, 11) is 1.76. The van der Waals surface area contributed by atoms with E-state index in [4.69, 9.17) is 4.74 Å². The SMILES string of the molecule is Cn1cc(N(CC[C@@H]2CCCO2)S(=O)[O-])cn1. The lowest BCUT2D eigenvalue weighted by Crippen LogP contribution is -2.28. The highest BCUT2D eigenvalue weighted by Gasteiger charge is 2.18. The van der Waals surface area contributed by atoms with Crippen LogP contribution in [0.4, 0.5) is 5.69 Å². The van der Waals surface area contributed by atoms with Crippen LogP contribution in [0, 0.1) is 0 Å². The first kappa shape index (κ1) is 12.5. The Morgan fingerprint density at radius 1 is 1.76 bits per heavy atom. The van der Waals surface area contributed by atoms with E-state index < -0.39 is 11.3 Å². The van der Waals surface area contributed by atoms with E-state index in [2.05, 4.69) is 5.10 Å². The van der Waals surface area contributed by atoms with Crippen molar-refractivity contribution in [3.63, 3.8) is 0 Å². The van der Waals surface area contributed by atoms with Crippen LogP contribution in [0.2, 0.25) is 0 Å². The number of hydrogen-bond acceptors (Lipinski definition) is 4. The van der Waals surface area contributed by atoms with Gasteiger partial charge in [-0.05, 0) is 19.3 Å². The molecule has 1 aliphatic rings. The Morgan fingerprint density at radius 3 is 3.12 bits per heavy atom. The van der Waals surface area contributed by atoms with Crippen molar-refractivity contribution in [2.45, 2.75) is 25.4 Å². The van der Waals surface area contributed by atoms with E-state index >= 15 is 0 Å². The van der Waals surface area contributed by atoms with Crippen LogP contribution in [0.15, 0.2) is 12.4 Å². The smallest absolute Gasteiger partial charge is 0.0862 e. The standard InChI is InChI=1S/C10H17N3O3S/c1-12-8-9(7-11-12)13(17(14)15)5-4-10-3-2-6-16-10/h7-8,10H,2-6H2,1H3,(H,14,15)/p-1/t10-/m0/s1. The Labute approximate surface area is 103 Å². The van der Waals surface area contributed by atoms with Crippen molar-refractivity contribution in [2.75, 3.05) is 17.5 Å². The number of hydrogen-bond donors (Lipinski definition) is 0. The fourth-order valence-electron chi connectivity index (χ4n) is 1.96. The average Bonchev–Trinajstić information content (AvgIpc) is 2.90. The van der Waals surface area contributed by atoms with Crippen LogP contribution >= 0.6 is 0 Å². The minimum Gasteiger partial charge on any atom is -0.755 e. The van der Waals surface area contributed by atoms with Gasteiger partial charge in [0.05, 0.1) is 18.0 Å². The van der Waals surface area contributed by atoms with E-state index in [9.17, 15) is 8.76 Å². The lowest BCUT2D eigenvalue weighted by Gasteiger charge is -2.25. The van der Waals surface area contributed by atoms with Gasteiger partial charge in [-0.15, -0.1) is 0 Å². The molecule has 2 atom stereocenters. The molecule has 7 heteroatoms. The zero-order valence-electron chi connectivity index (χ0n) is 9.74. The van der Waals surface area contributed by atoms with E-state index in [-0.39, 0.29) is 6.10 Å². The fourth-order valence-corrected chi connectivity index (χ4v) is 2.48. The van der Waals surface area contributed by atoms with E-state index in [1.165, 1.54) is 4.31 Å². The number of aromatic nitrogens is 2. The summed E-state index contributed by atoms with van der Waals surface area (Å²) in [5.74, 6) is 0. The lowest BCUT2D eigenvalue weighted by molar-refractivity contribution is 0.106. The third kappa shape index (κ3) is 3.27. The molecule has 6 nitrogen and oxygen atoms in total. The number of anilines is 1. The minimum atomic E-state index is -2.27. The first-order valence-electron chi connectivity index (χ1n) is 5.64. The van der Waals surface area contributed by atoms with Crippen molar-refractivity contribution < 1.29 is 13.5 Å². The van der Waals surface area contributed by atoms with Crippen LogP contribution in [0.5, 0.6) is 0 Å². The molecule has 0 saturated carbocycles. The van der Waals surface area contributed by atoms with Gasteiger partial charge in [-0.25, -0.2) is 0 Å². The van der Waals surface area contributed by atoms with Gasteiger partial charge in [-0.2, -0.15) is 5.10 Å². The second-order valence-electron chi connectivity index (χ2n) is 4.12. The molecule has 0 N–H and O–H groups in total. The maximum Gasteiger partial charge on any atom is 0.0862 e. The minimum absolute atomic E-state index is 0.192. The monoisotopic (exact) mass is 258 g/mol. The summed E-state index contributed by atoms with van der Waals surface area (Å²) in [4.78, 5) is 0. The molecule has 2 heterocycles. The Kier molecular flexibility index (Phi) is 4.14. The van der Waals surface area contributed by atoms with Gasteiger partial charge in [0.2, 0.25) is 0 Å². The highest BCUT2D eigenvalue weighted by atomic mass is 32.2. The van der Waals surface area contributed by atoms with Gasteiger partial charge in [0.25, 0.3) is 0 Å². The summed E-state index contributed by atoms with van der Waals surface area (Å²) in [6, 6.07) is 0. The Bertz CT molecular complexity index is 390. The molecule has 1 fully saturated rings. The summed E-state index contributed by atoms with van der Waals surface area (Å²) in [5, 5.41) is 3.97. The van der Waals surface area contributed by atoms with Gasteiger partial charge in [0.1, 0.15) is 0 Å². The van der Waals surface area contributed by atoms with Gasteiger partial charge in [-0.3, -0.25) is 13.2 Å². The quantitative estimate of drug-likeness (QED) is 0.725. The van der Waals surface area contributed by atoms with Crippen molar-refractivity contribution >= 4 is 17.0 Å². The van der Waals surface area contributed by atoms with Crippen LogP contribution in [-0.2, 0) is 23.1 Å². The number of nitrogens with zero attached hydrogens (tertiary/aromatic N) is 3. The van der Waals surface area contributed by atoms with Crippen molar-refractivity contribution in [3.05, 3.63) is 12.4 Å². The summed E-state index contributed by atoms with van der Waals surface area (Å²) < 4.78 is 30.7. The third-order valence-corrected chi connectivity index (χ3v) is 3.59. The van der Waals surface area contributed by atoms with Crippen molar-refractivity contribution in [1.29, 1.82) is 0 Å². The molecule has 96 valence electrons. The number of aryl methyl sites for hydroxylation is 1. The molecule has 1 aliphatic heterocycles. The molecule has 0 radical (unpaired) electrons. The highest BCUT2D eigenvalue weighted by molar-refractivity contribution is 7.80. The van der Waals surface area contributed by atoms with Crippen molar-refractivity contribution in [2.24, 2.45) is 7.05 Å². The predicted molar refractivity (Wildman–Crippen MR) is 63.1 cm³/mol. The average molecular weight is 258 g/mol. The first-order chi connectivity index (χ1) is 8.16. The molecule has 0 aliphatic carbocycles. The molecule has 0 aromatic carbocycles. The molecular weight excluding hydrogens is 242 g/mol. The summed E-state index contributed by atoms with van der Waals surface area (Å²) in [6.45, 7) is 1.23. The van der Waals surface area contributed by atoms with Crippen LogP contribution in [0.1, 0.15) is 19.3 Å². The van der Waals surface area contributed by atoms with Crippen LogP contribution in [0.25, 0.3) is 0 Å². The summed E-state index contributed by atoms with van der Waals surface area (Å²) >= 11 is -2.27. The predicted octanol–water partition coefficient (Wildman–Crippen LogP) is 0.590. The lowest BCUT2D eigenvalue weighted by atomic mass is 10.2. The Hall–Kier alpha value is -0.920. The summed E-state index contributed by atoms with van der Waals surface area (Å²) in [5.41, 5.74) is 0.596. The first-order valence-corrected chi connectivity index (χ1v) is 6.67. The topological polar surface area (TPSA) is 70.4 Å². The van der Waals surface area contributed by atoms with Gasteiger partial charge in [0, 0.05) is 37.7 Å². The van der Waals surface area contributed by atoms with Gasteiger partial charge in [-0.1, -0.05) is 0 Å². The molecule has 2 rings (SSSR count). The fraction of sp³-hybridized carbons (Fsp3) is 0.700. The van der Waals surface area contributed by atoms with Crippen LogP contribution in [-0.4, -0.2) is 37.8 Å². The van der Waals surface area contributed by atoms with Crippen LogP contribution in [0.3, 0.4) is 0 Å². The number of rotatable bonds is 5. The molecule has 1 unspecified atom stereocenters. The Morgan fingerprint density at radius 2 is 2.59 bits per heavy atom. The molecule has 1 aromatic heterocycles. The zero-order chi connectivity index (χ0) is 12.3. The molecule has 1 saturated heterocycles. The maximum absolute atomic E-state index is 11.2. The van der Waals surface area contributed by atoms with Crippen molar-refractivity contribution in [3.8, 4) is 0 Å². The van der Waals surface area contributed by atoms with Gasteiger partial charge >= 0.3 is 0 Å². The van der Waals surface area contributed by atoms with E-state index in [1.54, 1.807) is 24.1 Å². The number of ether oxygens (including phenoxy) is 1. The molecule has 0 bridgehead atoms. The zero-order valence-corrected chi connectivity index (χ0v) is 10.6. The maximum atomic E-state index is 11.2. The second kappa shape index (κ2) is 5.61. The van der Waals surface area contributed by atoms with Crippen LogP contribution < -0.4 is 4.31 Å². The van der Waals surface area contributed by atoms with Gasteiger partial charge in [0.15, 0.2) is 0 Å². The normalized spacial score (nSPS) is 21.6. The third-order valence-electron chi connectivity index (χ3n) is 2.84. The highest BCUT2D eigenvalue weighted by Crippen LogP contribution is 2.19. The van der Waals surface area contributed by atoms with E-state index in [0.717, 1.165) is 25.9 Å². The largest absolute Gasteiger partial charge is 0.755 e. The van der Waals surface area contributed by atoms with Crippen molar-refractivity contribution in [1.82, 2.24) is 9.78 Å². The molecule has 1 aromatic rings. The summed E-state index contributed by atoms with van der Waals surface area (Å²) in [6.07, 6.45) is 6.24. The van der Waals surface area contributed by atoms with E-state index in [0.29, 0.717) is 12.2 Å². The molecule has 0 amide bonds. The second-order valence-corrected chi connectivity index (χ2v) is 4.99.